The molecule has 142 valence electrons. The molecule has 1 aliphatic heterocycles. The number of anilines is 1. The van der Waals surface area contributed by atoms with Gasteiger partial charge >= 0.3 is 5.97 Å². The van der Waals surface area contributed by atoms with Crippen LogP contribution in [0.15, 0.2) is 30.3 Å². The number of nitrogens with zero attached hydrogens (tertiary/aromatic N) is 3. The van der Waals surface area contributed by atoms with Gasteiger partial charge in [-0.05, 0) is 42.5 Å². The summed E-state index contributed by atoms with van der Waals surface area (Å²) in [5.74, 6) is -0.637. The van der Waals surface area contributed by atoms with Crippen LogP contribution in [0.5, 0.6) is 0 Å². The molecule has 1 saturated heterocycles. The minimum absolute atomic E-state index is 0.113. The summed E-state index contributed by atoms with van der Waals surface area (Å²) in [6, 6.07) is 8.61. The first-order valence-corrected chi connectivity index (χ1v) is 9.12. The summed E-state index contributed by atoms with van der Waals surface area (Å²) in [5.41, 5.74) is 8.17. The van der Waals surface area contributed by atoms with Crippen LogP contribution < -0.4 is 5.73 Å². The van der Waals surface area contributed by atoms with Gasteiger partial charge in [-0.3, -0.25) is 4.79 Å². The molecule has 7 nitrogen and oxygen atoms in total. The highest BCUT2D eigenvalue weighted by atomic mass is 16.4. The number of aromatic nitrogens is 2. The van der Waals surface area contributed by atoms with Crippen molar-refractivity contribution in [2.45, 2.75) is 38.5 Å². The highest BCUT2D eigenvalue weighted by molar-refractivity contribution is 5.92. The molecule has 27 heavy (non-hydrogen) atoms. The molecule has 1 amide bonds. The Labute approximate surface area is 158 Å². The lowest BCUT2D eigenvalue weighted by molar-refractivity contribution is 0.0692. The zero-order chi connectivity index (χ0) is 19.6. The van der Waals surface area contributed by atoms with Crippen LogP contribution in [-0.2, 0) is 0 Å². The fraction of sp³-hybridized carbons (Fsp3) is 0.400. The maximum absolute atomic E-state index is 12.9. The number of likely N-dealkylation sites (tertiary alicyclic amines) is 1. The number of carboxylic acid groups (broad SMARTS) is 1. The number of aromatic carboxylic acids is 1. The van der Waals surface area contributed by atoms with Crippen LogP contribution in [0.25, 0.3) is 0 Å². The molecule has 1 atom stereocenters. The van der Waals surface area contributed by atoms with Crippen LogP contribution in [0.4, 0.5) is 5.95 Å². The average molecular weight is 368 g/mol. The van der Waals surface area contributed by atoms with Gasteiger partial charge in [0.05, 0.1) is 5.56 Å². The van der Waals surface area contributed by atoms with E-state index in [4.69, 9.17) is 10.8 Å². The van der Waals surface area contributed by atoms with Gasteiger partial charge in [-0.15, -0.1) is 0 Å². The number of benzene rings is 1. The van der Waals surface area contributed by atoms with Crippen molar-refractivity contribution >= 4 is 17.8 Å². The van der Waals surface area contributed by atoms with Crippen molar-refractivity contribution < 1.29 is 14.7 Å². The predicted octanol–water partition coefficient (Wildman–Crippen LogP) is 2.90. The monoisotopic (exact) mass is 368 g/mol. The van der Waals surface area contributed by atoms with Gasteiger partial charge in [-0.25, -0.2) is 14.8 Å². The second-order valence-electron chi connectivity index (χ2n) is 7.21. The lowest BCUT2D eigenvalue weighted by atomic mass is 9.90. The molecule has 3 rings (SSSR count). The van der Waals surface area contributed by atoms with E-state index in [9.17, 15) is 9.59 Å². The molecule has 2 aromatic rings. The number of carbonyl (C=O) groups is 2. The minimum Gasteiger partial charge on any atom is -0.478 e. The zero-order valence-corrected chi connectivity index (χ0v) is 15.6. The quantitative estimate of drug-likeness (QED) is 0.859. The number of rotatable bonds is 4. The number of nitrogens with two attached hydrogens (primary N) is 1. The maximum atomic E-state index is 12.9. The van der Waals surface area contributed by atoms with Crippen LogP contribution in [0.3, 0.4) is 0 Å². The van der Waals surface area contributed by atoms with Gasteiger partial charge in [0.15, 0.2) is 0 Å². The third kappa shape index (κ3) is 4.24. The first kappa shape index (κ1) is 18.8. The van der Waals surface area contributed by atoms with Gasteiger partial charge in [0, 0.05) is 24.7 Å². The van der Waals surface area contributed by atoms with Gasteiger partial charge in [-0.1, -0.05) is 26.0 Å². The van der Waals surface area contributed by atoms with E-state index in [0.29, 0.717) is 18.8 Å². The number of carbonyl (C=O) groups excluding carboxylic acids is 1. The molecule has 0 aliphatic carbocycles. The molecule has 0 radical (unpaired) electrons. The standard InChI is InChI=1S/C20H24N4O3/c1-12(2)16-10-17(23-20(21)22-16)18(25)24-9-3-4-15(11-24)13-5-7-14(8-6-13)19(26)27/h5-8,10,12,15H,3-4,9,11H2,1-2H3,(H,26,27)(H2,21,22,23)/t15-/m1/s1. The Morgan fingerprint density at radius 2 is 1.93 bits per heavy atom. The molecular formula is C20H24N4O3. The smallest absolute Gasteiger partial charge is 0.335 e. The number of carboxylic acids is 1. The van der Waals surface area contributed by atoms with Gasteiger partial charge in [0.1, 0.15) is 5.69 Å². The van der Waals surface area contributed by atoms with Crippen molar-refractivity contribution in [1.82, 2.24) is 14.9 Å². The zero-order valence-electron chi connectivity index (χ0n) is 15.6. The molecular weight excluding hydrogens is 344 g/mol. The van der Waals surface area contributed by atoms with Gasteiger partial charge in [0.25, 0.3) is 5.91 Å². The summed E-state index contributed by atoms with van der Waals surface area (Å²) >= 11 is 0. The molecule has 2 heterocycles. The Morgan fingerprint density at radius 3 is 2.56 bits per heavy atom. The van der Waals surface area contributed by atoms with Crippen LogP contribution in [0, 0.1) is 0 Å². The Hall–Kier alpha value is -2.96. The normalized spacial score (nSPS) is 17.1. The second kappa shape index (κ2) is 7.73. The molecule has 0 bridgehead atoms. The molecule has 1 aliphatic rings. The van der Waals surface area contributed by atoms with Crippen molar-refractivity contribution in [3.05, 3.63) is 52.8 Å². The summed E-state index contributed by atoms with van der Waals surface area (Å²) in [4.78, 5) is 34.1. The predicted molar refractivity (Wildman–Crippen MR) is 102 cm³/mol. The number of piperidine rings is 1. The molecule has 0 saturated carbocycles. The van der Waals surface area contributed by atoms with E-state index in [1.165, 1.54) is 0 Å². The van der Waals surface area contributed by atoms with Crippen molar-refractivity contribution in [2.24, 2.45) is 0 Å². The van der Waals surface area contributed by atoms with Crippen molar-refractivity contribution in [3.63, 3.8) is 0 Å². The van der Waals surface area contributed by atoms with Crippen molar-refractivity contribution in [1.29, 1.82) is 0 Å². The Balaban J connectivity index is 1.77. The minimum atomic E-state index is -0.940. The molecule has 0 unspecified atom stereocenters. The lowest BCUT2D eigenvalue weighted by Crippen LogP contribution is -2.39. The summed E-state index contributed by atoms with van der Waals surface area (Å²) in [6.45, 7) is 5.23. The van der Waals surface area contributed by atoms with E-state index in [2.05, 4.69) is 9.97 Å². The summed E-state index contributed by atoms with van der Waals surface area (Å²) in [6.07, 6.45) is 1.84. The first-order chi connectivity index (χ1) is 12.8. The van der Waals surface area contributed by atoms with E-state index >= 15 is 0 Å². The molecule has 1 aromatic carbocycles. The van der Waals surface area contributed by atoms with Crippen molar-refractivity contribution in [3.8, 4) is 0 Å². The number of nitrogen functional groups attached to an aromatic ring is 1. The number of hydrogen-bond acceptors (Lipinski definition) is 5. The second-order valence-corrected chi connectivity index (χ2v) is 7.21. The largest absolute Gasteiger partial charge is 0.478 e. The fourth-order valence-electron chi connectivity index (χ4n) is 3.38. The first-order valence-electron chi connectivity index (χ1n) is 9.12. The van der Waals surface area contributed by atoms with E-state index < -0.39 is 5.97 Å². The fourth-order valence-corrected chi connectivity index (χ4v) is 3.38. The molecule has 3 N–H and O–H groups in total. The Kier molecular flexibility index (Phi) is 5.39. The number of amides is 1. The van der Waals surface area contributed by atoms with Crippen molar-refractivity contribution in [2.75, 3.05) is 18.8 Å². The van der Waals surface area contributed by atoms with E-state index in [1.807, 2.05) is 26.0 Å². The lowest BCUT2D eigenvalue weighted by Gasteiger charge is -2.33. The number of hydrogen-bond donors (Lipinski definition) is 2. The molecule has 1 aromatic heterocycles. The maximum Gasteiger partial charge on any atom is 0.335 e. The summed E-state index contributed by atoms with van der Waals surface area (Å²) < 4.78 is 0. The van der Waals surface area contributed by atoms with Crippen LogP contribution in [0.2, 0.25) is 0 Å². The van der Waals surface area contributed by atoms with Crippen LogP contribution >= 0.6 is 0 Å². The molecule has 7 heteroatoms. The third-order valence-corrected chi connectivity index (χ3v) is 4.91. The molecule has 0 spiro atoms. The van der Waals surface area contributed by atoms with Crippen LogP contribution in [-0.4, -0.2) is 44.9 Å². The topological polar surface area (TPSA) is 109 Å². The van der Waals surface area contributed by atoms with E-state index in [-0.39, 0.29) is 29.3 Å². The highest BCUT2D eigenvalue weighted by Crippen LogP contribution is 2.28. The average Bonchev–Trinajstić information content (AvgIpc) is 2.67. The van der Waals surface area contributed by atoms with Gasteiger partial charge in [0.2, 0.25) is 5.95 Å². The van der Waals surface area contributed by atoms with Crippen LogP contribution in [0.1, 0.15) is 70.6 Å². The highest BCUT2D eigenvalue weighted by Gasteiger charge is 2.27. The Bertz CT molecular complexity index is 849. The van der Waals surface area contributed by atoms with E-state index in [0.717, 1.165) is 24.1 Å². The van der Waals surface area contributed by atoms with Gasteiger partial charge in [-0.2, -0.15) is 0 Å². The third-order valence-electron chi connectivity index (χ3n) is 4.91. The summed E-state index contributed by atoms with van der Waals surface area (Å²) in [5, 5.41) is 9.04. The van der Waals surface area contributed by atoms with Gasteiger partial charge < -0.3 is 15.7 Å². The SMILES string of the molecule is CC(C)c1cc(C(=O)N2CCC[C@@H](c3ccc(C(=O)O)cc3)C2)nc(N)n1. The molecule has 1 fully saturated rings. The van der Waals surface area contributed by atoms with E-state index in [1.54, 1.807) is 23.1 Å². The summed E-state index contributed by atoms with van der Waals surface area (Å²) in [7, 11) is 0. The Morgan fingerprint density at radius 1 is 1.22 bits per heavy atom.